The van der Waals surface area contributed by atoms with E-state index in [9.17, 15) is 5.11 Å². The van der Waals surface area contributed by atoms with Gasteiger partial charge >= 0.3 is 0 Å². The van der Waals surface area contributed by atoms with E-state index in [0.29, 0.717) is 6.42 Å². The summed E-state index contributed by atoms with van der Waals surface area (Å²) in [7, 11) is 0. The van der Waals surface area contributed by atoms with E-state index in [1.165, 1.54) is 11.1 Å². The molecule has 1 heterocycles. The second-order valence-electron chi connectivity index (χ2n) is 6.25. The first-order chi connectivity index (χ1) is 11.3. The van der Waals surface area contributed by atoms with Crippen molar-refractivity contribution in [3.05, 3.63) is 101 Å². The van der Waals surface area contributed by atoms with E-state index in [2.05, 4.69) is 29.2 Å². The summed E-state index contributed by atoms with van der Waals surface area (Å²) in [6.45, 7) is 0. The highest BCUT2D eigenvalue weighted by Gasteiger charge is 2.46. The van der Waals surface area contributed by atoms with Crippen LogP contribution in [0.25, 0.3) is 0 Å². The van der Waals surface area contributed by atoms with Gasteiger partial charge in [0.15, 0.2) is 0 Å². The number of pyridine rings is 1. The number of benzene rings is 2. The zero-order valence-corrected chi connectivity index (χ0v) is 12.9. The molecule has 0 radical (unpaired) electrons. The van der Waals surface area contributed by atoms with Gasteiger partial charge in [0, 0.05) is 24.2 Å². The third kappa shape index (κ3) is 2.45. The average Bonchev–Trinajstić information content (AvgIpc) is 2.90. The largest absolute Gasteiger partial charge is 0.384 e. The monoisotopic (exact) mass is 301 g/mol. The first-order valence-electron chi connectivity index (χ1n) is 8.03. The molecule has 0 spiro atoms. The van der Waals surface area contributed by atoms with E-state index in [0.717, 1.165) is 17.7 Å². The number of hydrogen-bond donors (Lipinski definition) is 1. The molecular formula is C21H19NO. The summed E-state index contributed by atoms with van der Waals surface area (Å²) in [5, 5.41) is 11.7. The Labute approximate surface area is 136 Å². The highest BCUT2D eigenvalue weighted by atomic mass is 16.3. The van der Waals surface area contributed by atoms with Crippen LogP contribution in [0.4, 0.5) is 0 Å². The van der Waals surface area contributed by atoms with Crippen molar-refractivity contribution in [3.8, 4) is 0 Å². The number of rotatable bonds is 3. The summed E-state index contributed by atoms with van der Waals surface area (Å²) >= 11 is 0. The average molecular weight is 301 g/mol. The van der Waals surface area contributed by atoms with Gasteiger partial charge in [0.2, 0.25) is 0 Å². The van der Waals surface area contributed by atoms with Crippen LogP contribution in [0.15, 0.2) is 79.0 Å². The first-order valence-corrected chi connectivity index (χ1v) is 8.03. The van der Waals surface area contributed by atoms with Gasteiger partial charge in [-0.15, -0.1) is 0 Å². The molecular weight excluding hydrogens is 282 g/mol. The lowest BCUT2D eigenvalue weighted by molar-refractivity contribution is 0.0180. The van der Waals surface area contributed by atoms with E-state index in [-0.39, 0.29) is 5.92 Å². The van der Waals surface area contributed by atoms with Gasteiger partial charge in [-0.2, -0.15) is 0 Å². The lowest BCUT2D eigenvalue weighted by Gasteiger charge is -2.31. The molecule has 1 aliphatic carbocycles. The number of aliphatic hydroxyl groups is 1. The van der Waals surface area contributed by atoms with Crippen molar-refractivity contribution in [1.82, 2.24) is 4.98 Å². The molecule has 0 fully saturated rings. The Hall–Kier alpha value is -2.45. The zero-order chi connectivity index (χ0) is 15.7. The van der Waals surface area contributed by atoms with Gasteiger partial charge in [0.1, 0.15) is 5.60 Å². The maximum Gasteiger partial charge on any atom is 0.103 e. The highest BCUT2D eigenvalue weighted by molar-refractivity contribution is 5.45. The molecule has 23 heavy (non-hydrogen) atoms. The second-order valence-corrected chi connectivity index (χ2v) is 6.25. The molecule has 2 aromatic carbocycles. The molecule has 0 saturated heterocycles. The Morgan fingerprint density at radius 1 is 0.913 bits per heavy atom. The zero-order valence-electron chi connectivity index (χ0n) is 12.9. The highest BCUT2D eigenvalue weighted by Crippen LogP contribution is 2.48. The number of aromatic nitrogens is 1. The van der Waals surface area contributed by atoms with Crippen molar-refractivity contribution in [2.75, 3.05) is 0 Å². The van der Waals surface area contributed by atoms with Crippen LogP contribution in [0, 0.1) is 0 Å². The van der Waals surface area contributed by atoms with Crippen molar-refractivity contribution in [1.29, 1.82) is 0 Å². The minimum Gasteiger partial charge on any atom is -0.384 e. The van der Waals surface area contributed by atoms with Gasteiger partial charge in [0.05, 0.1) is 0 Å². The minimum absolute atomic E-state index is 0.0584. The van der Waals surface area contributed by atoms with E-state index in [1.807, 2.05) is 48.5 Å². The maximum atomic E-state index is 11.7. The molecule has 114 valence electrons. The van der Waals surface area contributed by atoms with Gasteiger partial charge in [0.25, 0.3) is 0 Å². The van der Waals surface area contributed by atoms with Crippen LogP contribution in [0.3, 0.4) is 0 Å². The molecule has 1 N–H and O–H groups in total. The summed E-state index contributed by atoms with van der Waals surface area (Å²) in [6.07, 6.45) is 3.19. The van der Waals surface area contributed by atoms with Crippen LogP contribution in [0.2, 0.25) is 0 Å². The molecule has 0 amide bonds. The van der Waals surface area contributed by atoms with Crippen LogP contribution in [0.5, 0.6) is 0 Å². The quantitative estimate of drug-likeness (QED) is 0.797. The van der Waals surface area contributed by atoms with Crippen LogP contribution < -0.4 is 0 Å². The topological polar surface area (TPSA) is 33.1 Å². The standard InChI is InChI=1S/C21H19NO/c23-21(15-18-11-6-7-13-22-18)19-12-5-4-10-17(19)14-20(21)16-8-2-1-3-9-16/h1-13,20,23H,14-15H2/t20-,21-/m0/s1. The molecule has 2 atom stereocenters. The summed E-state index contributed by atoms with van der Waals surface area (Å²) in [5.74, 6) is 0.0584. The van der Waals surface area contributed by atoms with Crippen molar-refractivity contribution in [2.45, 2.75) is 24.4 Å². The molecule has 0 saturated carbocycles. The normalized spacial score (nSPS) is 22.7. The SMILES string of the molecule is O[C@@]1(Cc2ccccn2)c2ccccc2C[C@H]1c1ccccc1. The van der Waals surface area contributed by atoms with Crippen molar-refractivity contribution in [2.24, 2.45) is 0 Å². The van der Waals surface area contributed by atoms with Gasteiger partial charge < -0.3 is 5.11 Å². The molecule has 2 nitrogen and oxygen atoms in total. The predicted octanol–water partition coefficient (Wildman–Crippen LogP) is 3.85. The minimum atomic E-state index is -0.910. The van der Waals surface area contributed by atoms with E-state index < -0.39 is 5.60 Å². The molecule has 2 heteroatoms. The Morgan fingerprint density at radius 3 is 2.43 bits per heavy atom. The summed E-state index contributed by atoms with van der Waals surface area (Å²) in [5.41, 5.74) is 3.47. The molecule has 4 rings (SSSR count). The van der Waals surface area contributed by atoms with Gasteiger partial charge in [-0.05, 0) is 35.2 Å². The molecule has 3 aromatic rings. The van der Waals surface area contributed by atoms with Crippen molar-refractivity contribution < 1.29 is 5.11 Å². The predicted molar refractivity (Wildman–Crippen MR) is 91.2 cm³/mol. The van der Waals surface area contributed by atoms with Crippen molar-refractivity contribution in [3.63, 3.8) is 0 Å². The Morgan fingerprint density at radius 2 is 1.65 bits per heavy atom. The number of nitrogens with zero attached hydrogens (tertiary/aromatic N) is 1. The Kier molecular flexibility index (Phi) is 3.47. The fraction of sp³-hybridized carbons (Fsp3) is 0.190. The summed E-state index contributed by atoms with van der Waals surface area (Å²) in [4.78, 5) is 4.43. The Balaban J connectivity index is 1.81. The van der Waals surface area contributed by atoms with Gasteiger partial charge in [-0.3, -0.25) is 4.98 Å². The lowest BCUT2D eigenvalue weighted by Crippen LogP contribution is -2.33. The maximum absolute atomic E-state index is 11.7. The summed E-state index contributed by atoms with van der Waals surface area (Å²) < 4.78 is 0. The fourth-order valence-electron chi connectivity index (χ4n) is 3.77. The van der Waals surface area contributed by atoms with Crippen LogP contribution >= 0.6 is 0 Å². The van der Waals surface area contributed by atoms with E-state index >= 15 is 0 Å². The first kappa shape index (κ1) is 14.2. The van der Waals surface area contributed by atoms with Crippen molar-refractivity contribution >= 4 is 0 Å². The smallest absolute Gasteiger partial charge is 0.103 e. The second kappa shape index (κ2) is 5.64. The third-order valence-electron chi connectivity index (χ3n) is 4.86. The van der Waals surface area contributed by atoms with Crippen LogP contribution in [0.1, 0.15) is 28.3 Å². The van der Waals surface area contributed by atoms with Crippen LogP contribution in [-0.4, -0.2) is 10.1 Å². The molecule has 1 aliphatic rings. The number of hydrogen-bond acceptors (Lipinski definition) is 2. The molecule has 1 aromatic heterocycles. The lowest BCUT2D eigenvalue weighted by atomic mass is 9.79. The molecule has 0 unspecified atom stereocenters. The van der Waals surface area contributed by atoms with Gasteiger partial charge in [-0.1, -0.05) is 60.7 Å². The Bertz CT molecular complexity index is 800. The van der Waals surface area contributed by atoms with E-state index in [4.69, 9.17) is 0 Å². The fourth-order valence-corrected chi connectivity index (χ4v) is 3.77. The third-order valence-corrected chi connectivity index (χ3v) is 4.86. The molecule has 0 aliphatic heterocycles. The number of fused-ring (bicyclic) bond motifs is 1. The summed E-state index contributed by atoms with van der Waals surface area (Å²) in [6, 6.07) is 24.4. The molecule has 0 bridgehead atoms. The van der Waals surface area contributed by atoms with Crippen LogP contribution in [-0.2, 0) is 18.4 Å². The van der Waals surface area contributed by atoms with E-state index in [1.54, 1.807) is 6.20 Å². The van der Waals surface area contributed by atoms with Gasteiger partial charge in [-0.25, -0.2) is 0 Å².